The van der Waals surface area contributed by atoms with Crippen LogP contribution in [0.5, 0.6) is 0 Å². The zero-order valence-corrected chi connectivity index (χ0v) is 13.3. The Hall–Kier alpha value is -0.620. The van der Waals surface area contributed by atoms with Crippen LogP contribution in [-0.2, 0) is 12.7 Å². The van der Waals surface area contributed by atoms with Crippen molar-refractivity contribution in [2.24, 2.45) is 5.41 Å². The fraction of sp³-hybridized carbons (Fsp3) is 0.786. The van der Waals surface area contributed by atoms with E-state index in [0.29, 0.717) is 9.88 Å². The zero-order valence-electron chi connectivity index (χ0n) is 12.5. The lowest BCUT2D eigenvalue weighted by Crippen LogP contribution is -2.35. The number of alkyl halides is 3. The average molecular weight is 306 g/mol. The van der Waals surface area contributed by atoms with Gasteiger partial charge in [0.1, 0.15) is 0 Å². The number of halogens is 3. The van der Waals surface area contributed by atoms with Crippen molar-refractivity contribution in [3.63, 3.8) is 0 Å². The maximum absolute atomic E-state index is 13.1. The molecule has 0 saturated heterocycles. The molecule has 0 amide bonds. The molecule has 0 radical (unpaired) electrons. The van der Waals surface area contributed by atoms with Crippen LogP contribution in [-0.4, -0.2) is 10.5 Å². The second-order valence-corrected chi connectivity index (χ2v) is 8.29. The van der Waals surface area contributed by atoms with Crippen molar-refractivity contribution in [3.8, 4) is 0 Å². The molecule has 1 fully saturated rings. The first-order valence-electron chi connectivity index (χ1n) is 6.72. The highest BCUT2D eigenvalue weighted by Crippen LogP contribution is 2.59. The molecule has 114 valence electrons. The van der Waals surface area contributed by atoms with E-state index < -0.39 is 11.9 Å². The van der Waals surface area contributed by atoms with Gasteiger partial charge in [-0.25, -0.2) is 4.98 Å². The number of nitrogens with one attached hydrogen (secondary N) is 1. The van der Waals surface area contributed by atoms with Crippen LogP contribution in [0.3, 0.4) is 0 Å². The van der Waals surface area contributed by atoms with Gasteiger partial charge in [0.05, 0.1) is 9.88 Å². The van der Waals surface area contributed by atoms with E-state index in [1.54, 1.807) is 0 Å². The minimum atomic E-state index is -4.37. The summed E-state index contributed by atoms with van der Waals surface area (Å²) in [6.45, 7) is 10.2. The van der Waals surface area contributed by atoms with E-state index in [1.165, 1.54) is 11.3 Å². The molecule has 1 N–H and O–H groups in total. The minimum Gasteiger partial charge on any atom is -0.307 e. The summed E-state index contributed by atoms with van der Waals surface area (Å²) < 4.78 is 39.2. The molecule has 1 saturated carbocycles. The molecule has 2 rings (SSSR count). The van der Waals surface area contributed by atoms with Crippen molar-refractivity contribution in [1.82, 2.24) is 10.3 Å². The highest BCUT2D eigenvalue weighted by atomic mass is 32.1. The van der Waals surface area contributed by atoms with Crippen molar-refractivity contribution in [2.45, 2.75) is 65.2 Å². The summed E-state index contributed by atoms with van der Waals surface area (Å²) in [5, 5.41) is 3.75. The number of thiazole rings is 1. The molecule has 2 nitrogen and oxygen atoms in total. The largest absolute Gasteiger partial charge is 0.434 e. The zero-order chi connectivity index (χ0) is 15.3. The van der Waals surface area contributed by atoms with Crippen molar-refractivity contribution in [3.05, 3.63) is 15.6 Å². The molecule has 1 heterocycles. The summed E-state index contributed by atoms with van der Waals surface area (Å²) >= 11 is 1.21. The van der Waals surface area contributed by atoms with Crippen LogP contribution >= 0.6 is 11.3 Å². The number of nitrogens with zero attached hydrogens (tertiary/aromatic N) is 1. The average Bonchev–Trinajstić information content (AvgIpc) is 2.72. The Morgan fingerprint density at radius 1 is 1.30 bits per heavy atom. The quantitative estimate of drug-likeness (QED) is 0.885. The fourth-order valence-corrected chi connectivity index (χ4v) is 3.43. The summed E-state index contributed by atoms with van der Waals surface area (Å²) in [4.78, 5) is 4.19. The van der Waals surface area contributed by atoms with E-state index in [-0.39, 0.29) is 23.4 Å². The standard InChI is InChI=1S/C14H21F3N2S/c1-12(2,3)18-7-9-10(14(15,16)17)19-11(20-9)8-6-13(8,4)5/h8,18H,6-7H2,1-5H3. The van der Waals surface area contributed by atoms with Gasteiger partial charge < -0.3 is 5.32 Å². The van der Waals surface area contributed by atoms with Gasteiger partial charge in [0.15, 0.2) is 5.69 Å². The second kappa shape index (κ2) is 4.70. The summed E-state index contributed by atoms with van der Waals surface area (Å²) in [5.74, 6) is 0.178. The number of aromatic nitrogens is 1. The van der Waals surface area contributed by atoms with Crippen molar-refractivity contribution in [1.29, 1.82) is 0 Å². The smallest absolute Gasteiger partial charge is 0.307 e. The van der Waals surface area contributed by atoms with Crippen LogP contribution in [0.4, 0.5) is 13.2 Å². The van der Waals surface area contributed by atoms with Crippen LogP contribution in [0.1, 0.15) is 62.5 Å². The molecule has 1 aromatic heterocycles. The third-order valence-corrected chi connectivity index (χ3v) is 4.74. The van der Waals surface area contributed by atoms with Gasteiger partial charge in [-0.1, -0.05) is 13.8 Å². The van der Waals surface area contributed by atoms with E-state index in [1.807, 2.05) is 20.8 Å². The Balaban J connectivity index is 2.25. The molecule has 1 aliphatic rings. The molecule has 20 heavy (non-hydrogen) atoms. The SMILES string of the molecule is CC(C)(C)NCc1sc(C2CC2(C)C)nc1C(F)(F)F. The van der Waals surface area contributed by atoms with Crippen molar-refractivity contribution in [2.75, 3.05) is 0 Å². The van der Waals surface area contributed by atoms with Gasteiger partial charge in [0.2, 0.25) is 0 Å². The Labute approximate surface area is 121 Å². The Morgan fingerprint density at radius 3 is 2.25 bits per heavy atom. The highest BCUT2D eigenvalue weighted by Gasteiger charge is 2.50. The Morgan fingerprint density at radius 2 is 1.85 bits per heavy atom. The second-order valence-electron chi connectivity index (χ2n) is 7.17. The van der Waals surface area contributed by atoms with E-state index in [4.69, 9.17) is 0 Å². The maximum Gasteiger partial charge on any atom is 0.434 e. The number of hydrogen-bond donors (Lipinski definition) is 1. The Bertz CT molecular complexity index is 497. The predicted octanol–water partition coefficient (Wildman–Crippen LogP) is 4.56. The lowest BCUT2D eigenvalue weighted by atomic mass is 10.1. The molecule has 0 aliphatic heterocycles. The first-order chi connectivity index (χ1) is 8.90. The van der Waals surface area contributed by atoms with Gasteiger partial charge >= 0.3 is 6.18 Å². The fourth-order valence-electron chi connectivity index (χ4n) is 2.09. The lowest BCUT2D eigenvalue weighted by molar-refractivity contribution is -0.141. The first-order valence-corrected chi connectivity index (χ1v) is 7.54. The molecular weight excluding hydrogens is 285 g/mol. The van der Waals surface area contributed by atoms with Crippen LogP contribution in [0.25, 0.3) is 0 Å². The molecule has 1 atom stereocenters. The first kappa shape index (κ1) is 15.8. The van der Waals surface area contributed by atoms with Crippen LogP contribution in [0.2, 0.25) is 0 Å². The molecular formula is C14H21F3N2S. The van der Waals surface area contributed by atoms with Gasteiger partial charge in [0.25, 0.3) is 0 Å². The van der Waals surface area contributed by atoms with Crippen molar-refractivity contribution < 1.29 is 13.2 Å². The topological polar surface area (TPSA) is 24.9 Å². The molecule has 1 aliphatic carbocycles. The van der Waals surface area contributed by atoms with E-state index >= 15 is 0 Å². The van der Waals surface area contributed by atoms with E-state index in [2.05, 4.69) is 24.1 Å². The van der Waals surface area contributed by atoms with Crippen LogP contribution in [0.15, 0.2) is 0 Å². The Kier molecular flexibility index (Phi) is 3.70. The van der Waals surface area contributed by atoms with Gasteiger partial charge in [-0.15, -0.1) is 11.3 Å². The molecule has 1 unspecified atom stereocenters. The summed E-state index contributed by atoms with van der Waals surface area (Å²) in [6, 6.07) is 0. The molecule has 0 spiro atoms. The molecule has 0 aromatic carbocycles. The van der Waals surface area contributed by atoms with E-state index in [0.717, 1.165) is 6.42 Å². The van der Waals surface area contributed by atoms with Gasteiger partial charge in [-0.3, -0.25) is 0 Å². The minimum absolute atomic E-state index is 0.0927. The van der Waals surface area contributed by atoms with Crippen molar-refractivity contribution >= 4 is 11.3 Å². The monoisotopic (exact) mass is 306 g/mol. The van der Waals surface area contributed by atoms with E-state index in [9.17, 15) is 13.2 Å². The summed E-state index contributed by atoms with van der Waals surface area (Å²) in [6.07, 6.45) is -3.45. The third kappa shape index (κ3) is 3.52. The lowest BCUT2D eigenvalue weighted by Gasteiger charge is -2.20. The maximum atomic E-state index is 13.1. The highest BCUT2D eigenvalue weighted by molar-refractivity contribution is 7.11. The van der Waals surface area contributed by atoms with Gasteiger partial charge in [-0.2, -0.15) is 13.2 Å². The summed E-state index contributed by atoms with van der Waals surface area (Å²) in [5.41, 5.74) is -0.835. The van der Waals surface area contributed by atoms with Gasteiger partial charge in [-0.05, 0) is 32.6 Å². The number of rotatable bonds is 3. The predicted molar refractivity (Wildman–Crippen MR) is 74.8 cm³/mol. The van der Waals surface area contributed by atoms with Gasteiger partial charge in [0, 0.05) is 18.0 Å². The van der Waals surface area contributed by atoms with Crippen LogP contribution in [0, 0.1) is 5.41 Å². The molecule has 6 heteroatoms. The third-order valence-electron chi connectivity index (χ3n) is 3.57. The normalized spacial score (nSPS) is 22.1. The summed E-state index contributed by atoms with van der Waals surface area (Å²) in [7, 11) is 0. The molecule has 1 aromatic rings. The number of hydrogen-bond acceptors (Lipinski definition) is 3. The van der Waals surface area contributed by atoms with Crippen LogP contribution < -0.4 is 5.32 Å². The molecule has 0 bridgehead atoms.